The molecule has 0 unspecified atom stereocenters. The zero-order chi connectivity index (χ0) is 30.9. The Morgan fingerprint density at radius 2 is 0.619 bits per heavy atom. The van der Waals surface area contributed by atoms with Gasteiger partial charge in [-0.3, -0.25) is 0 Å². The molecule has 4 heteroatoms. The lowest BCUT2D eigenvalue weighted by atomic mass is 10.1. The third-order valence-corrected chi connectivity index (χ3v) is 5.71. The largest absolute Gasteiger partial charge is 0.397 e. The first-order valence-electron chi connectivity index (χ1n) is 15.0. The zero-order valence-electron chi connectivity index (χ0n) is 25.5. The quantitative estimate of drug-likeness (QED) is 0.152. The predicted molar refractivity (Wildman–Crippen MR) is 178 cm³/mol. The average Bonchev–Trinajstić information content (AvgIpc) is 3.05. The van der Waals surface area contributed by atoms with Crippen LogP contribution in [0.3, 0.4) is 0 Å². The van der Waals surface area contributed by atoms with Crippen molar-refractivity contribution in [1.82, 2.24) is 0 Å². The molecular weight excluding hydrogens is 520 g/mol. The number of hydrogen-bond acceptors (Lipinski definition) is 4. The molecule has 0 bridgehead atoms. The van der Waals surface area contributed by atoms with Gasteiger partial charge in [0.1, 0.15) is 0 Å². The Labute approximate surface area is 255 Å². The first-order valence-corrected chi connectivity index (χ1v) is 15.0. The van der Waals surface area contributed by atoms with E-state index in [0.29, 0.717) is 0 Å². The molecule has 0 fully saturated rings. The summed E-state index contributed by atoms with van der Waals surface area (Å²) in [7, 11) is 0. The molecule has 0 saturated carbocycles. The minimum absolute atomic E-state index is 0.250. The van der Waals surface area contributed by atoms with Crippen LogP contribution < -0.4 is 0 Å². The monoisotopic (exact) mass is 573 g/mol. The van der Waals surface area contributed by atoms with E-state index in [2.05, 4.69) is 67.6 Å². The van der Waals surface area contributed by atoms with Crippen molar-refractivity contribution in [2.45, 2.75) is 58.3 Å². The third-order valence-electron chi connectivity index (χ3n) is 5.71. The van der Waals surface area contributed by atoms with Crippen LogP contribution >= 0.6 is 0 Å². The van der Waals surface area contributed by atoms with E-state index in [4.69, 9.17) is 20.4 Å². The first kappa shape index (κ1) is 38.7. The van der Waals surface area contributed by atoms with Crippen LogP contribution in [0.5, 0.6) is 0 Å². The highest BCUT2D eigenvalue weighted by molar-refractivity contribution is 5.16. The lowest BCUT2D eigenvalue weighted by Crippen LogP contribution is -1.87. The minimum atomic E-state index is 0.250. The Bertz CT molecular complexity index is 922. The SMILES string of the molecule is CCO.OCCCc1ccccc1.OCCCc1ccccc1.OCCCc1ccccc1.[CH2]CCc1ccccc1. The van der Waals surface area contributed by atoms with Gasteiger partial charge in [0.15, 0.2) is 0 Å². The van der Waals surface area contributed by atoms with Crippen molar-refractivity contribution >= 4 is 0 Å². The number of rotatable bonds is 11. The highest BCUT2D eigenvalue weighted by Crippen LogP contribution is 2.03. The summed E-state index contributed by atoms with van der Waals surface area (Å²) >= 11 is 0. The highest BCUT2D eigenvalue weighted by atomic mass is 16.3. The molecule has 4 aromatic rings. The van der Waals surface area contributed by atoms with Crippen LogP contribution in [0.1, 0.15) is 54.9 Å². The summed E-state index contributed by atoms with van der Waals surface area (Å²) in [6.07, 6.45) is 7.63. The number of aliphatic hydroxyl groups is 4. The van der Waals surface area contributed by atoms with E-state index in [1.54, 1.807) is 6.92 Å². The number of aliphatic hydroxyl groups excluding tert-OH is 4. The summed E-state index contributed by atoms with van der Waals surface area (Å²) in [5, 5.41) is 33.2. The minimum Gasteiger partial charge on any atom is -0.397 e. The number of hydrogen-bond donors (Lipinski definition) is 4. The fourth-order valence-corrected chi connectivity index (χ4v) is 3.63. The average molecular weight is 574 g/mol. The Morgan fingerprint density at radius 1 is 0.405 bits per heavy atom. The highest BCUT2D eigenvalue weighted by Gasteiger charge is 1.90. The standard InChI is InChI=1S/3C9H12O.C9H11.C2H6O/c3*10-8-4-7-9-5-2-1-3-6-9;1-2-6-9-7-4-3-5-8-9;1-2-3/h3*1-3,5-6,10H,4,7-8H2;3-5,7-8H,1-2,6H2;3H,2H2,1H3. The summed E-state index contributed by atoms with van der Waals surface area (Å²) in [4.78, 5) is 0. The first-order chi connectivity index (χ1) is 20.6. The lowest BCUT2D eigenvalue weighted by molar-refractivity contribution is 0.288. The molecule has 4 N–H and O–H groups in total. The van der Waals surface area contributed by atoms with Gasteiger partial charge in [-0.2, -0.15) is 0 Å². The second-order valence-corrected chi connectivity index (χ2v) is 9.34. The molecule has 4 rings (SSSR count). The Hall–Kier alpha value is -3.28. The van der Waals surface area contributed by atoms with Gasteiger partial charge in [-0.15, -0.1) is 0 Å². The van der Waals surface area contributed by atoms with Crippen molar-refractivity contribution in [3.8, 4) is 0 Å². The van der Waals surface area contributed by atoms with Crippen molar-refractivity contribution in [3.63, 3.8) is 0 Å². The molecule has 0 heterocycles. The van der Waals surface area contributed by atoms with Crippen LogP contribution in [-0.2, 0) is 25.7 Å². The van der Waals surface area contributed by atoms with E-state index in [1.165, 1.54) is 22.3 Å². The topological polar surface area (TPSA) is 80.9 Å². The van der Waals surface area contributed by atoms with Crippen molar-refractivity contribution in [2.75, 3.05) is 26.4 Å². The molecule has 0 amide bonds. The van der Waals surface area contributed by atoms with E-state index in [0.717, 1.165) is 51.4 Å². The summed E-state index contributed by atoms with van der Waals surface area (Å²) < 4.78 is 0. The van der Waals surface area contributed by atoms with Gasteiger partial charge < -0.3 is 20.4 Å². The van der Waals surface area contributed by atoms with E-state index in [9.17, 15) is 0 Å². The number of benzene rings is 4. The number of aryl methyl sites for hydroxylation is 4. The van der Waals surface area contributed by atoms with Crippen molar-refractivity contribution in [3.05, 3.63) is 151 Å². The summed E-state index contributed by atoms with van der Waals surface area (Å²) in [5.74, 6) is 0. The second-order valence-electron chi connectivity index (χ2n) is 9.34. The maximum Gasteiger partial charge on any atom is 0.0434 e. The molecule has 0 aliphatic carbocycles. The summed E-state index contributed by atoms with van der Waals surface area (Å²) in [5.41, 5.74) is 5.29. The Balaban J connectivity index is 0.000000517. The lowest BCUT2D eigenvalue weighted by Gasteiger charge is -1.96. The predicted octanol–water partition coefficient (Wildman–Crippen LogP) is 7.29. The summed E-state index contributed by atoms with van der Waals surface area (Å²) in [6.45, 7) is 6.57. The van der Waals surface area contributed by atoms with Gasteiger partial charge in [-0.1, -0.05) is 128 Å². The molecule has 0 aromatic heterocycles. The summed E-state index contributed by atoms with van der Waals surface area (Å²) in [6, 6.07) is 41.0. The van der Waals surface area contributed by atoms with Gasteiger partial charge in [-0.05, 0) is 80.5 Å². The molecule has 0 aliphatic rings. The molecule has 42 heavy (non-hydrogen) atoms. The molecule has 4 nitrogen and oxygen atoms in total. The Kier molecular flexibility index (Phi) is 28.3. The fraction of sp³-hybridized carbons (Fsp3) is 0.342. The van der Waals surface area contributed by atoms with E-state index >= 15 is 0 Å². The zero-order valence-corrected chi connectivity index (χ0v) is 25.5. The van der Waals surface area contributed by atoms with E-state index in [-0.39, 0.29) is 26.4 Å². The van der Waals surface area contributed by atoms with Crippen molar-refractivity contribution in [2.24, 2.45) is 0 Å². The van der Waals surface area contributed by atoms with Crippen molar-refractivity contribution < 1.29 is 20.4 Å². The van der Waals surface area contributed by atoms with Gasteiger partial charge in [0, 0.05) is 26.4 Å². The molecule has 0 saturated heterocycles. The van der Waals surface area contributed by atoms with Crippen LogP contribution in [0.4, 0.5) is 0 Å². The fourth-order valence-electron chi connectivity index (χ4n) is 3.63. The van der Waals surface area contributed by atoms with Crippen LogP contribution in [0.25, 0.3) is 0 Å². The van der Waals surface area contributed by atoms with Crippen LogP contribution in [0.2, 0.25) is 0 Å². The molecule has 1 radical (unpaired) electrons. The van der Waals surface area contributed by atoms with Crippen molar-refractivity contribution in [1.29, 1.82) is 0 Å². The molecule has 0 aliphatic heterocycles. The maximum absolute atomic E-state index is 8.53. The second kappa shape index (κ2) is 30.7. The smallest absolute Gasteiger partial charge is 0.0434 e. The van der Waals surface area contributed by atoms with Gasteiger partial charge >= 0.3 is 0 Å². The molecule has 0 spiro atoms. The van der Waals surface area contributed by atoms with Gasteiger partial charge in [-0.25, -0.2) is 0 Å². The van der Waals surface area contributed by atoms with Crippen LogP contribution in [0, 0.1) is 6.92 Å². The van der Waals surface area contributed by atoms with Crippen LogP contribution in [0.15, 0.2) is 121 Å². The Morgan fingerprint density at radius 3 is 0.810 bits per heavy atom. The van der Waals surface area contributed by atoms with Gasteiger partial charge in [0.25, 0.3) is 0 Å². The van der Waals surface area contributed by atoms with E-state index in [1.807, 2.05) is 60.7 Å². The van der Waals surface area contributed by atoms with Gasteiger partial charge in [0.2, 0.25) is 0 Å². The molecule has 229 valence electrons. The normalized spacial score (nSPS) is 9.38. The molecule has 0 atom stereocenters. The van der Waals surface area contributed by atoms with Gasteiger partial charge in [0.05, 0.1) is 0 Å². The molecule has 4 aromatic carbocycles. The maximum atomic E-state index is 8.53. The third kappa shape index (κ3) is 24.5. The van der Waals surface area contributed by atoms with E-state index < -0.39 is 0 Å². The molecular formula is C38H53O4. The van der Waals surface area contributed by atoms with Crippen LogP contribution in [-0.4, -0.2) is 46.9 Å².